The highest BCUT2D eigenvalue weighted by atomic mass is 19.4. The maximum Gasteiger partial charge on any atom is 0.573 e. The third-order valence-corrected chi connectivity index (χ3v) is 5.49. The predicted octanol–water partition coefficient (Wildman–Crippen LogP) is 1.72. The smallest absolute Gasteiger partial charge is 0.498 e. The van der Waals surface area contributed by atoms with Gasteiger partial charge in [-0.05, 0) is 36.8 Å². The third-order valence-electron chi connectivity index (χ3n) is 5.49. The molecule has 38 heavy (non-hydrogen) atoms. The SMILES string of the molecule is BC(B)(B)Oc1ncc(-c2ccc3c(C=O)n[nH]c3c2)cc1C(=O)NC(C)c1ccccc1OC(F)(F)F. The average Bonchev–Trinajstić information content (AvgIpc) is 3.25. The lowest BCUT2D eigenvalue weighted by atomic mass is 9.52. The van der Waals surface area contributed by atoms with E-state index in [1.807, 2.05) is 0 Å². The van der Waals surface area contributed by atoms with E-state index in [0.29, 0.717) is 28.3 Å². The van der Waals surface area contributed by atoms with Crippen molar-refractivity contribution >= 4 is 46.6 Å². The molecule has 0 spiro atoms. The van der Waals surface area contributed by atoms with Crippen LogP contribution in [0.3, 0.4) is 0 Å². The number of hydrogen-bond donors (Lipinski definition) is 2. The summed E-state index contributed by atoms with van der Waals surface area (Å²) in [6.45, 7) is 1.55. The van der Waals surface area contributed by atoms with Crippen LogP contribution in [0.4, 0.5) is 13.2 Å². The van der Waals surface area contributed by atoms with Crippen LogP contribution in [0.25, 0.3) is 22.0 Å². The van der Waals surface area contributed by atoms with Crippen LogP contribution in [0.2, 0.25) is 0 Å². The number of H-pyrrole nitrogens is 1. The maximum absolute atomic E-state index is 13.4. The van der Waals surface area contributed by atoms with Crippen LogP contribution in [0.5, 0.6) is 11.6 Å². The number of nitrogens with one attached hydrogen (secondary N) is 2. The number of carbonyl (C=O) groups excluding carboxylic acids is 2. The number of aldehydes is 1. The highest BCUT2D eigenvalue weighted by Crippen LogP contribution is 2.32. The van der Waals surface area contributed by atoms with Crippen LogP contribution in [-0.4, -0.2) is 62.6 Å². The van der Waals surface area contributed by atoms with Crippen molar-refractivity contribution < 1.29 is 32.2 Å². The first-order chi connectivity index (χ1) is 17.8. The Balaban J connectivity index is 1.69. The van der Waals surface area contributed by atoms with E-state index in [9.17, 15) is 22.8 Å². The second kappa shape index (κ2) is 10.3. The van der Waals surface area contributed by atoms with E-state index >= 15 is 0 Å². The fourth-order valence-corrected chi connectivity index (χ4v) is 3.86. The second-order valence-electron chi connectivity index (χ2n) is 9.56. The van der Waals surface area contributed by atoms with Gasteiger partial charge in [-0.15, -0.1) is 13.2 Å². The Morgan fingerprint density at radius 2 is 1.82 bits per heavy atom. The van der Waals surface area contributed by atoms with Crippen molar-refractivity contribution in [1.29, 1.82) is 0 Å². The molecular weight excluding hydrogens is 498 g/mol. The Hall–Kier alpha value is -4.22. The maximum atomic E-state index is 13.4. The van der Waals surface area contributed by atoms with Gasteiger partial charge in [0, 0.05) is 28.0 Å². The van der Waals surface area contributed by atoms with Gasteiger partial charge in [0.2, 0.25) is 5.88 Å². The summed E-state index contributed by atoms with van der Waals surface area (Å²) >= 11 is 0. The molecular formula is C24H22B3F3N4O4. The number of halogens is 3. The summed E-state index contributed by atoms with van der Waals surface area (Å²) in [4.78, 5) is 29.0. The topological polar surface area (TPSA) is 106 Å². The van der Waals surface area contributed by atoms with Gasteiger partial charge >= 0.3 is 6.36 Å². The highest BCUT2D eigenvalue weighted by molar-refractivity contribution is 6.58. The first-order valence-electron chi connectivity index (χ1n) is 11.6. The molecule has 2 N–H and O–H groups in total. The Labute approximate surface area is 218 Å². The number of rotatable bonds is 8. The number of fused-ring (bicyclic) bond motifs is 1. The van der Waals surface area contributed by atoms with Gasteiger partial charge in [0.1, 0.15) is 40.5 Å². The van der Waals surface area contributed by atoms with Crippen LogP contribution in [0.15, 0.2) is 54.7 Å². The normalized spacial score (nSPS) is 12.6. The fraction of sp³-hybridized carbons (Fsp3) is 0.167. The van der Waals surface area contributed by atoms with Gasteiger partial charge in [-0.25, -0.2) is 4.98 Å². The van der Waals surface area contributed by atoms with Crippen LogP contribution in [0.1, 0.15) is 39.4 Å². The summed E-state index contributed by atoms with van der Waals surface area (Å²) in [6.07, 6.45) is -2.68. The summed E-state index contributed by atoms with van der Waals surface area (Å²) < 4.78 is 48.7. The predicted molar refractivity (Wildman–Crippen MR) is 143 cm³/mol. The van der Waals surface area contributed by atoms with Crippen LogP contribution < -0.4 is 14.8 Å². The molecule has 0 aliphatic carbocycles. The molecule has 14 heteroatoms. The molecule has 0 aliphatic heterocycles. The summed E-state index contributed by atoms with van der Waals surface area (Å²) in [5, 5.41) is 9.46. The molecule has 1 unspecified atom stereocenters. The fourth-order valence-electron chi connectivity index (χ4n) is 3.86. The monoisotopic (exact) mass is 520 g/mol. The molecule has 2 aromatic carbocycles. The van der Waals surface area contributed by atoms with E-state index in [0.717, 1.165) is 0 Å². The van der Waals surface area contributed by atoms with Gasteiger partial charge in [-0.2, -0.15) is 5.10 Å². The molecule has 1 amide bonds. The summed E-state index contributed by atoms with van der Waals surface area (Å²) in [5.74, 6) is -0.941. The quantitative estimate of drug-likeness (QED) is 0.271. The second-order valence-corrected chi connectivity index (χ2v) is 9.56. The number of pyridine rings is 1. The number of aromatic nitrogens is 3. The molecule has 0 radical (unpaired) electrons. The molecule has 0 aliphatic rings. The van der Waals surface area contributed by atoms with Gasteiger partial charge < -0.3 is 14.8 Å². The highest BCUT2D eigenvalue weighted by Gasteiger charge is 2.33. The Morgan fingerprint density at radius 1 is 1.08 bits per heavy atom. The van der Waals surface area contributed by atoms with E-state index in [-0.39, 0.29) is 22.7 Å². The zero-order valence-electron chi connectivity index (χ0n) is 21.0. The summed E-state index contributed by atoms with van der Waals surface area (Å²) in [6, 6.07) is 11.6. The average molecular weight is 520 g/mol. The van der Waals surface area contributed by atoms with E-state index in [1.165, 1.54) is 18.2 Å². The number of amides is 1. The Kier molecular flexibility index (Phi) is 7.25. The largest absolute Gasteiger partial charge is 0.573 e. The van der Waals surface area contributed by atoms with E-state index in [2.05, 4.69) is 25.2 Å². The van der Waals surface area contributed by atoms with Crippen molar-refractivity contribution in [3.8, 4) is 22.8 Å². The van der Waals surface area contributed by atoms with Crippen LogP contribution >= 0.6 is 0 Å². The van der Waals surface area contributed by atoms with Crippen molar-refractivity contribution in [3.63, 3.8) is 0 Å². The molecule has 0 fully saturated rings. The lowest BCUT2D eigenvalue weighted by Crippen LogP contribution is -2.39. The zero-order chi connectivity index (χ0) is 27.7. The van der Waals surface area contributed by atoms with E-state index in [1.54, 1.807) is 67.0 Å². The molecule has 4 rings (SSSR count). The molecule has 0 saturated carbocycles. The van der Waals surface area contributed by atoms with Gasteiger partial charge in [-0.1, -0.05) is 24.3 Å². The van der Waals surface area contributed by atoms with E-state index < -0.39 is 29.4 Å². The van der Waals surface area contributed by atoms with Crippen molar-refractivity contribution in [1.82, 2.24) is 20.5 Å². The first-order valence-corrected chi connectivity index (χ1v) is 11.6. The Bertz CT molecular complexity index is 1510. The van der Waals surface area contributed by atoms with Crippen LogP contribution in [0, 0.1) is 0 Å². The number of ether oxygens (including phenoxy) is 2. The Morgan fingerprint density at radius 3 is 2.50 bits per heavy atom. The molecule has 0 saturated heterocycles. The minimum atomic E-state index is -4.88. The molecule has 192 valence electrons. The van der Waals surface area contributed by atoms with Gasteiger partial charge in [0.25, 0.3) is 5.91 Å². The van der Waals surface area contributed by atoms with Crippen molar-refractivity contribution in [3.05, 3.63) is 71.5 Å². The summed E-state index contributed by atoms with van der Waals surface area (Å²) in [7, 11) is 5.40. The van der Waals surface area contributed by atoms with Crippen molar-refractivity contribution in [2.75, 3.05) is 0 Å². The number of alkyl halides is 3. The number of para-hydroxylation sites is 1. The summed E-state index contributed by atoms with van der Waals surface area (Å²) in [5.41, 5.74) is 2.42. The van der Waals surface area contributed by atoms with Crippen LogP contribution in [-0.2, 0) is 0 Å². The number of hydrogen-bond acceptors (Lipinski definition) is 6. The standard InChI is InChI=1S/C24H22B3F3N4O4/c1-12(15-4-2-3-5-20(15)37-24(28,29)30)32-21(36)17-8-14(10-31-22(17)38-23(25,26)27)13-6-7-16-18(9-13)33-34-19(16)11-35/h2-12H,25-27H2,1H3,(H,32,36)(H,33,34). The lowest BCUT2D eigenvalue weighted by Gasteiger charge is -2.24. The minimum Gasteiger partial charge on any atom is -0.498 e. The zero-order valence-corrected chi connectivity index (χ0v) is 21.0. The molecule has 0 bridgehead atoms. The third kappa shape index (κ3) is 6.19. The lowest BCUT2D eigenvalue weighted by molar-refractivity contribution is -0.275. The van der Waals surface area contributed by atoms with Gasteiger partial charge in [0.15, 0.2) is 6.29 Å². The first kappa shape index (κ1) is 26.8. The number of benzene rings is 2. The molecule has 2 heterocycles. The van der Waals surface area contributed by atoms with E-state index in [4.69, 9.17) is 4.74 Å². The van der Waals surface area contributed by atoms with Crippen molar-refractivity contribution in [2.24, 2.45) is 0 Å². The molecule has 1 atom stereocenters. The molecule has 8 nitrogen and oxygen atoms in total. The van der Waals surface area contributed by atoms with Gasteiger partial charge in [-0.3, -0.25) is 14.7 Å². The minimum absolute atomic E-state index is 0.0663. The van der Waals surface area contributed by atoms with Crippen molar-refractivity contribution in [2.45, 2.75) is 24.6 Å². The molecule has 2 aromatic heterocycles. The number of carbonyl (C=O) groups is 2. The molecule has 4 aromatic rings. The van der Waals surface area contributed by atoms with Gasteiger partial charge in [0.05, 0.1) is 11.6 Å². The number of aromatic amines is 1. The number of nitrogens with zero attached hydrogens (tertiary/aromatic N) is 2.